The van der Waals surface area contributed by atoms with Gasteiger partial charge < -0.3 is 5.32 Å². The first-order valence-corrected chi connectivity index (χ1v) is 8.17. The van der Waals surface area contributed by atoms with Crippen LogP contribution < -0.4 is 5.32 Å². The van der Waals surface area contributed by atoms with Crippen molar-refractivity contribution in [3.05, 3.63) is 70.4 Å². The topological polar surface area (TPSA) is 29.1 Å². The predicted octanol–water partition coefficient (Wildman–Crippen LogP) is 4.97. The molecule has 110 valence electrons. The van der Waals surface area contributed by atoms with Crippen molar-refractivity contribution in [2.24, 2.45) is 0 Å². The molecule has 1 amide bonds. The van der Waals surface area contributed by atoms with Crippen molar-refractivity contribution in [1.82, 2.24) is 5.32 Å². The van der Waals surface area contributed by atoms with Gasteiger partial charge in [-0.15, -0.1) is 11.3 Å². The minimum absolute atomic E-state index is 0.0310. The Kier molecular flexibility index (Phi) is 5.76. The van der Waals surface area contributed by atoms with Crippen LogP contribution in [0.1, 0.15) is 47.5 Å². The van der Waals surface area contributed by atoms with E-state index in [0.717, 1.165) is 35.3 Å². The van der Waals surface area contributed by atoms with E-state index in [9.17, 15) is 4.79 Å². The molecule has 0 unspecified atom stereocenters. The number of thiophene rings is 1. The smallest absolute Gasteiger partial charge is 0.262 e. The third kappa shape index (κ3) is 4.30. The number of carbonyl (C=O) groups excluding carboxylic acids is 1. The zero-order valence-electron chi connectivity index (χ0n) is 12.3. The van der Waals surface area contributed by atoms with Crippen LogP contribution in [0.4, 0.5) is 0 Å². The average Bonchev–Trinajstić information content (AvgIpc) is 3.05. The molecule has 0 radical (unpaired) electrons. The zero-order chi connectivity index (χ0) is 15.1. The minimum atomic E-state index is -0.118. The Bertz CT molecular complexity index is 575. The van der Waals surface area contributed by atoms with Gasteiger partial charge in [-0.05, 0) is 29.9 Å². The minimum Gasteiger partial charge on any atom is -0.341 e. The Balaban J connectivity index is 2.16. The molecular formula is C18H21NOS. The van der Waals surface area contributed by atoms with Crippen molar-refractivity contribution < 1.29 is 4.79 Å². The van der Waals surface area contributed by atoms with Gasteiger partial charge in [0.2, 0.25) is 0 Å². The number of benzene rings is 1. The van der Waals surface area contributed by atoms with E-state index in [1.165, 1.54) is 11.3 Å². The number of hydrogen-bond donors (Lipinski definition) is 1. The monoisotopic (exact) mass is 299 g/mol. The summed E-state index contributed by atoms with van der Waals surface area (Å²) in [6.07, 6.45) is 3.15. The second kappa shape index (κ2) is 7.79. The molecular weight excluding hydrogens is 278 g/mol. The second-order valence-electron chi connectivity index (χ2n) is 5.06. The molecule has 1 aromatic carbocycles. The SMILES string of the molecule is C=C(CCCC)[C@@H](NC(=O)c1cccs1)c1ccccc1. The molecule has 1 atom stereocenters. The summed E-state index contributed by atoms with van der Waals surface area (Å²) in [6, 6.07) is 13.7. The number of rotatable bonds is 7. The van der Waals surface area contributed by atoms with Crippen LogP contribution in [0, 0.1) is 0 Å². The van der Waals surface area contributed by atoms with Crippen molar-refractivity contribution in [2.75, 3.05) is 0 Å². The highest BCUT2D eigenvalue weighted by atomic mass is 32.1. The van der Waals surface area contributed by atoms with Gasteiger partial charge in [-0.2, -0.15) is 0 Å². The number of unbranched alkanes of at least 4 members (excludes halogenated alkanes) is 1. The van der Waals surface area contributed by atoms with Gasteiger partial charge >= 0.3 is 0 Å². The highest BCUT2D eigenvalue weighted by Crippen LogP contribution is 2.25. The highest BCUT2D eigenvalue weighted by Gasteiger charge is 2.18. The van der Waals surface area contributed by atoms with Crippen LogP contribution >= 0.6 is 11.3 Å². The maximum Gasteiger partial charge on any atom is 0.262 e. The summed E-state index contributed by atoms with van der Waals surface area (Å²) in [6.45, 7) is 6.35. The molecule has 1 aromatic heterocycles. The van der Waals surface area contributed by atoms with Crippen molar-refractivity contribution in [3.8, 4) is 0 Å². The summed E-state index contributed by atoms with van der Waals surface area (Å²) in [5.74, 6) is -0.0310. The third-order valence-electron chi connectivity index (χ3n) is 3.41. The van der Waals surface area contributed by atoms with Gasteiger partial charge in [-0.3, -0.25) is 4.79 Å². The number of carbonyl (C=O) groups is 1. The molecule has 0 saturated heterocycles. The summed E-state index contributed by atoms with van der Waals surface area (Å²) in [5, 5.41) is 5.03. The fraction of sp³-hybridized carbons (Fsp3) is 0.278. The molecule has 0 bridgehead atoms. The van der Waals surface area contributed by atoms with Crippen LogP contribution in [0.25, 0.3) is 0 Å². The number of hydrogen-bond acceptors (Lipinski definition) is 2. The number of nitrogens with one attached hydrogen (secondary N) is 1. The molecule has 0 fully saturated rings. The fourth-order valence-corrected chi connectivity index (χ4v) is 2.85. The van der Waals surface area contributed by atoms with Gasteiger partial charge in [-0.25, -0.2) is 0 Å². The summed E-state index contributed by atoms with van der Waals surface area (Å²) < 4.78 is 0. The molecule has 2 rings (SSSR count). The molecule has 2 nitrogen and oxygen atoms in total. The second-order valence-corrected chi connectivity index (χ2v) is 6.00. The van der Waals surface area contributed by atoms with Crippen molar-refractivity contribution in [2.45, 2.75) is 32.2 Å². The van der Waals surface area contributed by atoms with Crippen LogP contribution in [-0.4, -0.2) is 5.91 Å². The lowest BCUT2D eigenvalue weighted by Gasteiger charge is -2.21. The first-order chi connectivity index (χ1) is 10.2. The van der Waals surface area contributed by atoms with Crippen LogP contribution in [0.5, 0.6) is 0 Å². The summed E-state index contributed by atoms with van der Waals surface area (Å²) in [4.78, 5) is 13.1. The first kappa shape index (κ1) is 15.5. The van der Waals surface area contributed by atoms with Gasteiger partial charge in [0.15, 0.2) is 0 Å². The van der Waals surface area contributed by atoms with Gasteiger partial charge in [0.25, 0.3) is 5.91 Å². The van der Waals surface area contributed by atoms with E-state index in [-0.39, 0.29) is 11.9 Å². The van der Waals surface area contributed by atoms with Crippen LogP contribution in [0.2, 0.25) is 0 Å². The van der Waals surface area contributed by atoms with Crippen LogP contribution in [-0.2, 0) is 0 Å². The molecule has 1 heterocycles. The normalized spacial score (nSPS) is 11.9. The summed E-state index contributed by atoms with van der Waals surface area (Å²) in [7, 11) is 0. The van der Waals surface area contributed by atoms with E-state index in [0.29, 0.717) is 0 Å². The van der Waals surface area contributed by atoms with Crippen LogP contribution in [0.15, 0.2) is 60.0 Å². The molecule has 0 aliphatic heterocycles. The first-order valence-electron chi connectivity index (χ1n) is 7.29. The molecule has 0 spiro atoms. The summed E-state index contributed by atoms with van der Waals surface area (Å²) >= 11 is 1.46. The fourth-order valence-electron chi connectivity index (χ4n) is 2.22. The Labute approximate surface area is 130 Å². The molecule has 0 aliphatic carbocycles. The highest BCUT2D eigenvalue weighted by molar-refractivity contribution is 7.12. The van der Waals surface area contributed by atoms with E-state index in [1.807, 2.05) is 47.8 Å². The lowest BCUT2D eigenvalue weighted by Crippen LogP contribution is -2.29. The Hall–Kier alpha value is -1.87. The molecule has 0 saturated carbocycles. The lowest BCUT2D eigenvalue weighted by molar-refractivity contribution is 0.0946. The third-order valence-corrected chi connectivity index (χ3v) is 4.28. The summed E-state index contributed by atoms with van der Waals surface area (Å²) in [5.41, 5.74) is 2.15. The zero-order valence-corrected chi connectivity index (χ0v) is 13.2. The average molecular weight is 299 g/mol. The Morgan fingerprint density at radius 2 is 2.00 bits per heavy atom. The number of amides is 1. The molecule has 0 aliphatic rings. The van der Waals surface area contributed by atoms with E-state index in [2.05, 4.69) is 18.8 Å². The van der Waals surface area contributed by atoms with E-state index in [1.54, 1.807) is 0 Å². The maximum absolute atomic E-state index is 12.3. The van der Waals surface area contributed by atoms with Gasteiger partial charge in [0.05, 0.1) is 10.9 Å². The van der Waals surface area contributed by atoms with Crippen molar-refractivity contribution in [1.29, 1.82) is 0 Å². The van der Waals surface area contributed by atoms with Gasteiger partial charge in [0, 0.05) is 0 Å². The quantitative estimate of drug-likeness (QED) is 0.719. The van der Waals surface area contributed by atoms with E-state index >= 15 is 0 Å². The van der Waals surface area contributed by atoms with Gasteiger partial charge in [0.1, 0.15) is 0 Å². The molecule has 1 N–H and O–H groups in total. The largest absolute Gasteiger partial charge is 0.341 e. The Morgan fingerprint density at radius 3 is 2.62 bits per heavy atom. The van der Waals surface area contributed by atoms with Gasteiger partial charge in [-0.1, -0.05) is 61.9 Å². The van der Waals surface area contributed by atoms with E-state index < -0.39 is 0 Å². The lowest BCUT2D eigenvalue weighted by atomic mass is 9.96. The standard InChI is InChI=1S/C18H21NOS/c1-3-4-9-14(2)17(15-10-6-5-7-11-15)19-18(20)16-12-8-13-21-16/h5-8,10-13,17H,2-4,9H2,1H3,(H,19,20)/t17-/m1/s1. The van der Waals surface area contributed by atoms with Crippen LogP contribution in [0.3, 0.4) is 0 Å². The van der Waals surface area contributed by atoms with E-state index in [4.69, 9.17) is 0 Å². The predicted molar refractivity (Wildman–Crippen MR) is 89.6 cm³/mol. The maximum atomic E-state index is 12.3. The Morgan fingerprint density at radius 1 is 1.24 bits per heavy atom. The van der Waals surface area contributed by atoms with Crippen molar-refractivity contribution >= 4 is 17.2 Å². The molecule has 2 aromatic rings. The molecule has 21 heavy (non-hydrogen) atoms. The molecule has 3 heteroatoms. The van der Waals surface area contributed by atoms with Crippen molar-refractivity contribution in [3.63, 3.8) is 0 Å².